The van der Waals surface area contributed by atoms with Gasteiger partial charge in [-0.25, -0.2) is 0 Å². The van der Waals surface area contributed by atoms with E-state index in [2.05, 4.69) is 31.8 Å². The van der Waals surface area contributed by atoms with Gasteiger partial charge in [0.15, 0.2) is 0 Å². The summed E-state index contributed by atoms with van der Waals surface area (Å²) in [5.41, 5.74) is 0.332. The SMILES string of the molecule is CC1(C)C=NC2(CCCC2)SC1. The predicted molar refractivity (Wildman–Crippen MR) is 55.9 cm³/mol. The minimum Gasteiger partial charge on any atom is -0.279 e. The Kier molecular flexibility index (Phi) is 1.98. The summed E-state index contributed by atoms with van der Waals surface area (Å²) in [6.07, 6.45) is 7.57. The van der Waals surface area contributed by atoms with Crippen LogP contribution in [0.25, 0.3) is 0 Å². The summed E-state index contributed by atoms with van der Waals surface area (Å²) in [4.78, 5) is 5.07. The third kappa shape index (κ3) is 1.54. The van der Waals surface area contributed by atoms with E-state index in [9.17, 15) is 0 Å². The van der Waals surface area contributed by atoms with E-state index in [1.807, 2.05) is 0 Å². The maximum Gasteiger partial charge on any atom is 0.105 e. The Labute approximate surface area is 79.0 Å². The molecule has 0 bridgehead atoms. The van der Waals surface area contributed by atoms with Gasteiger partial charge in [0.25, 0.3) is 0 Å². The number of hydrogen-bond acceptors (Lipinski definition) is 2. The van der Waals surface area contributed by atoms with Crippen molar-refractivity contribution in [2.45, 2.75) is 44.4 Å². The molecule has 0 unspecified atom stereocenters. The van der Waals surface area contributed by atoms with Crippen LogP contribution in [0.3, 0.4) is 0 Å². The Bertz CT molecular complexity index is 202. The Balaban J connectivity index is 2.13. The van der Waals surface area contributed by atoms with Crippen molar-refractivity contribution in [2.75, 3.05) is 5.75 Å². The van der Waals surface area contributed by atoms with Gasteiger partial charge in [0.1, 0.15) is 4.87 Å². The quantitative estimate of drug-likeness (QED) is 0.562. The molecule has 2 rings (SSSR count). The fourth-order valence-corrected chi connectivity index (χ4v) is 3.31. The first kappa shape index (κ1) is 8.61. The molecule has 0 atom stereocenters. The lowest BCUT2D eigenvalue weighted by molar-refractivity contribution is 0.558. The lowest BCUT2D eigenvalue weighted by Crippen LogP contribution is -2.30. The molecule has 1 aliphatic carbocycles. The lowest BCUT2D eigenvalue weighted by Gasteiger charge is -2.34. The highest BCUT2D eigenvalue weighted by Gasteiger charge is 2.38. The van der Waals surface area contributed by atoms with Crippen LogP contribution in [0.2, 0.25) is 0 Å². The van der Waals surface area contributed by atoms with Gasteiger partial charge in [0.2, 0.25) is 0 Å². The van der Waals surface area contributed by atoms with E-state index in [0.29, 0.717) is 10.3 Å². The number of hydrogen-bond donors (Lipinski definition) is 0. The first-order valence-electron chi connectivity index (χ1n) is 4.82. The van der Waals surface area contributed by atoms with Crippen molar-refractivity contribution in [1.82, 2.24) is 0 Å². The summed E-state index contributed by atoms with van der Waals surface area (Å²) >= 11 is 2.08. The molecular formula is C10H17NS. The zero-order valence-electron chi connectivity index (χ0n) is 7.97. The minimum atomic E-state index is 0.315. The van der Waals surface area contributed by atoms with E-state index in [1.165, 1.54) is 31.4 Å². The summed E-state index contributed by atoms with van der Waals surface area (Å²) < 4.78 is 0. The Morgan fingerprint density at radius 3 is 2.42 bits per heavy atom. The second kappa shape index (κ2) is 2.76. The molecule has 1 aliphatic heterocycles. The Morgan fingerprint density at radius 1 is 1.25 bits per heavy atom. The number of aliphatic imine (C=N–C) groups is 1. The zero-order chi connectivity index (χ0) is 8.66. The Hall–Kier alpha value is 0.0200. The lowest BCUT2D eigenvalue weighted by atomic mass is 9.98. The van der Waals surface area contributed by atoms with Crippen LogP contribution in [0.1, 0.15) is 39.5 Å². The Morgan fingerprint density at radius 2 is 1.92 bits per heavy atom. The highest BCUT2D eigenvalue weighted by molar-refractivity contribution is 8.00. The molecule has 0 aromatic carbocycles. The second-order valence-corrected chi connectivity index (χ2v) is 6.03. The minimum absolute atomic E-state index is 0.315. The smallest absolute Gasteiger partial charge is 0.105 e. The second-order valence-electron chi connectivity index (χ2n) is 4.69. The molecule has 2 heteroatoms. The third-order valence-electron chi connectivity index (χ3n) is 2.75. The first-order chi connectivity index (χ1) is 5.62. The molecule has 1 spiro atoms. The molecule has 12 heavy (non-hydrogen) atoms. The van der Waals surface area contributed by atoms with Crippen molar-refractivity contribution < 1.29 is 0 Å². The monoisotopic (exact) mass is 183 g/mol. The van der Waals surface area contributed by atoms with Gasteiger partial charge in [-0.15, -0.1) is 11.8 Å². The van der Waals surface area contributed by atoms with Crippen molar-refractivity contribution in [2.24, 2.45) is 10.4 Å². The van der Waals surface area contributed by atoms with E-state index in [-0.39, 0.29) is 0 Å². The van der Waals surface area contributed by atoms with Crippen LogP contribution < -0.4 is 0 Å². The molecule has 0 N–H and O–H groups in total. The number of nitrogens with zero attached hydrogens (tertiary/aromatic N) is 1. The van der Waals surface area contributed by atoms with Gasteiger partial charge < -0.3 is 0 Å². The van der Waals surface area contributed by atoms with Gasteiger partial charge in [0, 0.05) is 17.4 Å². The van der Waals surface area contributed by atoms with Crippen molar-refractivity contribution in [3.05, 3.63) is 0 Å². The molecule has 0 amide bonds. The summed E-state index contributed by atoms with van der Waals surface area (Å²) in [7, 11) is 0. The average Bonchev–Trinajstić information content (AvgIpc) is 2.46. The summed E-state index contributed by atoms with van der Waals surface area (Å²) in [5.74, 6) is 1.25. The van der Waals surface area contributed by atoms with E-state index in [4.69, 9.17) is 4.99 Å². The van der Waals surface area contributed by atoms with Crippen molar-refractivity contribution in [3.8, 4) is 0 Å². The maximum atomic E-state index is 4.75. The third-order valence-corrected chi connectivity index (χ3v) is 4.69. The van der Waals surface area contributed by atoms with Gasteiger partial charge in [0.05, 0.1) is 0 Å². The van der Waals surface area contributed by atoms with Gasteiger partial charge >= 0.3 is 0 Å². The molecule has 0 aromatic heterocycles. The van der Waals surface area contributed by atoms with Crippen LogP contribution >= 0.6 is 11.8 Å². The highest BCUT2D eigenvalue weighted by Crippen LogP contribution is 2.47. The van der Waals surface area contributed by atoms with E-state index >= 15 is 0 Å². The largest absolute Gasteiger partial charge is 0.279 e. The molecule has 1 heterocycles. The molecule has 0 saturated heterocycles. The number of rotatable bonds is 0. The topological polar surface area (TPSA) is 12.4 Å². The average molecular weight is 183 g/mol. The molecule has 1 saturated carbocycles. The highest BCUT2D eigenvalue weighted by atomic mass is 32.2. The summed E-state index contributed by atoms with van der Waals surface area (Å²) in [6, 6.07) is 0. The van der Waals surface area contributed by atoms with Crippen molar-refractivity contribution >= 4 is 18.0 Å². The van der Waals surface area contributed by atoms with Crippen LogP contribution in [-0.4, -0.2) is 16.8 Å². The van der Waals surface area contributed by atoms with Crippen LogP contribution in [0.15, 0.2) is 4.99 Å². The molecule has 68 valence electrons. The fraction of sp³-hybridized carbons (Fsp3) is 0.900. The van der Waals surface area contributed by atoms with Crippen LogP contribution in [0.5, 0.6) is 0 Å². The van der Waals surface area contributed by atoms with Crippen LogP contribution in [0, 0.1) is 5.41 Å². The van der Waals surface area contributed by atoms with Gasteiger partial charge in [-0.1, -0.05) is 26.7 Å². The van der Waals surface area contributed by atoms with Gasteiger partial charge in [-0.2, -0.15) is 0 Å². The van der Waals surface area contributed by atoms with Crippen molar-refractivity contribution in [3.63, 3.8) is 0 Å². The normalized spacial score (nSPS) is 31.2. The standard InChI is InChI=1S/C10H17NS/c1-9(2)7-11-10(12-8-9)5-3-4-6-10/h7H,3-6,8H2,1-2H3. The van der Waals surface area contributed by atoms with Gasteiger partial charge in [-0.3, -0.25) is 4.99 Å². The van der Waals surface area contributed by atoms with Crippen LogP contribution in [0.4, 0.5) is 0 Å². The zero-order valence-corrected chi connectivity index (χ0v) is 8.78. The van der Waals surface area contributed by atoms with E-state index < -0.39 is 0 Å². The fourth-order valence-electron chi connectivity index (χ4n) is 1.89. The summed E-state index contributed by atoms with van der Waals surface area (Å²) in [6.45, 7) is 4.54. The van der Waals surface area contributed by atoms with Gasteiger partial charge in [-0.05, 0) is 12.8 Å². The molecule has 0 aromatic rings. The molecule has 2 aliphatic rings. The number of thioether (sulfide) groups is 1. The molecule has 1 nitrogen and oxygen atoms in total. The van der Waals surface area contributed by atoms with Crippen molar-refractivity contribution in [1.29, 1.82) is 0 Å². The van der Waals surface area contributed by atoms with Crippen LogP contribution in [-0.2, 0) is 0 Å². The molecule has 1 fully saturated rings. The molecule has 0 radical (unpaired) electrons. The predicted octanol–water partition coefficient (Wildman–Crippen LogP) is 3.10. The summed E-state index contributed by atoms with van der Waals surface area (Å²) in [5, 5.41) is 0. The molecular weight excluding hydrogens is 166 g/mol. The van der Waals surface area contributed by atoms with E-state index in [1.54, 1.807) is 0 Å². The van der Waals surface area contributed by atoms with E-state index in [0.717, 1.165) is 0 Å². The first-order valence-corrected chi connectivity index (χ1v) is 5.81. The maximum absolute atomic E-state index is 4.75.